The fourth-order valence-electron chi connectivity index (χ4n) is 4.30. The van der Waals surface area contributed by atoms with Crippen molar-refractivity contribution in [3.8, 4) is 0 Å². The van der Waals surface area contributed by atoms with Gasteiger partial charge in [0.2, 0.25) is 5.91 Å². The molecular weight excluding hydrogens is 366 g/mol. The average Bonchev–Trinajstić information content (AvgIpc) is 3.31. The van der Waals surface area contributed by atoms with Crippen molar-refractivity contribution in [3.05, 3.63) is 35.4 Å². The van der Waals surface area contributed by atoms with Crippen LogP contribution in [0.3, 0.4) is 0 Å². The lowest BCUT2D eigenvalue weighted by Gasteiger charge is -2.28. The highest BCUT2D eigenvalue weighted by atomic mass is 32.2. The summed E-state index contributed by atoms with van der Waals surface area (Å²) in [6.07, 6.45) is 5.93. The van der Waals surface area contributed by atoms with Crippen molar-refractivity contribution < 1.29 is 23.1 Å². The van der Waals surface area contributed by atoms with Crippen LogP contribution in [-0.2, 0) is 25.8 Å². The van der Waals surface area contributed by atoms with E-state index >= 15 is 0 Å². The van der Waals surface area contributed by atoms with E-state index in [2.05, 4.69) is 11.4 Å². The van der Waals surface area contributed by atoms with Crippen LogP contribution < -0.4 is 5.32 Å². The van der Waals surface area contributed by atoms with E-state index in [1.165, 1.54) is 17.4 Å². The molecule has 1 fully saturated rings. The molecule has 7 heteroatoms. The first-order valence-electron chi connectivity index (χ1n) is 9.45. The second-order valence-electron chi connectivity index (χ2n) is 8.23. The molecule has 0 heterocycles. The number of fused-ring (bicyclic) bond motifs is 1. The SMILES string of the molecule is CS(=O)(=O)CC1(CC(=O)NC(CC2CCCc3ccccc32)C(=O)O)CC1. The zero-order chi connectivity index (χ0) is 19.7. The third-order valence-corrected chi connectivity index (χ3v) is 6.84. The summed E-state index contributed by atoms with van der Waals surface area (Å²) >= 11 is 0. The molecule has 6 nitrogen and oxygen atoms in total. The van der Waals surface area contributed by atoms with Crippen LogP contribution >= 0.6 is 0 Å². The van der Waals surface area contributed by atoms with E-state index in [1.54, 1.807) is 0 Å². The molecule has 0 radical (unpaired) electrons. The minimum absolute atomic E-state index is 0.0127. The first-order valence-corrected chi connectivity index (χ1v) is 11.5. The Morgan fingerprint density at radius 1 is 1.30 bits per heavy atom. The van der Waals surface area contributed by atoms with Crippen molar-refractivity contribution in [2.75, 3.05) is 12.0 Å². The number of carbonyl (C=O) groups excluding carboxylic acids is 1. The maximum absolute atomic E-state index is 12.4. The van der Waals surface area contributed by atoms with Crippen LogP contribution in [0.25, 0.3) is 0 Å². The van der Waals surface area contributed by atoms with Crippen LogP contribution in [0, 0.1) is 5.41 Å². The van der Waals surface area contributed by atoms with Gasteiger partial charge < -0.3 is 10.4 Å². The molecule has 0 aliphatic heterocycles. The number of carboxylic acids is 1. The Labute approximate surface area is 160 Å². The number of aliphatic carboxylic acids is 1. The summed E-state index contributed by atoms with van der Waals surface area (Å²) in [5.41, 5.74) is 1.94. The highest BCUT2D eigenvalue weighted by Gasteiger charge is 2.47. The van der Waals surface area contributed by atoms with E-state index in [9.17, 15) is 23.1 Å². The third-order valence-electron chi connectivity index (χ3n) is 5.71. The van der Waals surface area contributed by atoms with Crippen molar-refractivity contribution in [1.82, 2.24) is 5.32 Å². The second-order valence-corrected chi connectivity index (χ2v) is 10.4. The number of sulfone groups is 1. The second kappa shape index (κ2) is 7.62. The monoisotopic (exact) mass is 393 g/mol. The lowest BCUT2D eigenvalue weighted by atomic mass is 9.79. The lowest BCUT2D eigenvalue weighted by molar-refractivity contribution is -0.142. The molecule has 2 N–H and O–H groups in total. The van der Waals surface area contributed by atoms with Gasteiger partial charge in [-0.2, -0.15) is 0 Å². The van der Waals surface area contributed by atoms with Crippen LogP contribution in [0.4, 0.5) is 0 Å². The molecule has 1 aromatic rings. The Balaban J connectivity index is 1.64. The van der Waals surface area contributed by atoms with Gasteiger partial charge in [0.25, 0.3) is 0 Å². The minimum atomic E-state index is -3.16. The number of nitrogens with one attached hydrogen (secondary N) is 1. The topological polar surface area (TPSA) is 101 Å². The molecule has 3 rings (SSSR count). The Bertz CT molecular complexity index is 829. The average molecular weight is 394 g/mol. The van der Waals surface area contributed by atoms with Crippen molar-refractivity contribution in [2.45, 2.75) is 56.9 Å². The van der Waals surface area contributed by atoms with Gasteiger partial charge in [0.15, 0.2) is 0 Å². The lowest BCUT2D eigenvalue weighted by Crippen LogP contribution is -2.43. The maximum atomic E-state index is 12.4. The van der Waals surface area contributed by atoms with Crippen LogP contribution in [0.1, 0.15) is 55.6 Å². The first-order chi connectivity index (χ1) is 12.7. The van der Waals surface area contributed by atoms with Gasteiger partial charge in [-0.15, -0.1) is 0 Å². The fourth-order valence-corrected chi connectivity index (χ4v) is 5.80. The zero-order valence-corrected chi connectivity index (χ0v) is 16.4. The van der Waals surface area contributed by atoms with Gasteiger partial charge in [0, 0.05) is 12.7 Å². The van der Waals surface area contributed by atoms with Gasteiger partial charge in [-0.25, -0.2) is 13.2 Å². The molecule has 1 saturated carbocycles. The number of aryl methyl sites for hydroxylation is 1. The Hall–Kier alpha value is -1.89. The van der Waals surface area contributed by atoms with E-state index < -0.39 is 27.3 Å². The van der Waals surface area contributed by atoms with Gasteiger partial charge in [0.1, 0.15) is 15.9 Å². The van der Waals surface area contributed by atoms with Crippen LogP contribution in [-0.4, -0.2) is 43.5 Å². The molecule has 1 aromatic carbocycles. The van der Waals surface area contributed by atoms with Crippen LogP contribution in [0.5, 0.6) is 0 Å². The summed E-state index contributed by atoms with van der Waals surface area (Å²) in [7, 11) is -3.16. The standard InChI is InChI=1S/C20H27NO5S/c1-27(25,26)13-20(9-10-20)12-18(22)21-17(19(23)24)11-15-7-4-6-14-5-2-3-8-16(14)15/h2-3,5,8,15,17H,4,6-7,9-13H2,1H3,(H,21,22)(H,23,24). The summed E-state index contributed by atoms with van der Waals surface area (Å²) in [4.78, 5) is 24.1. The smallest absolute Gasteiger partial charge is 0.326 e. The molecule has 2 atom stereocenters. The third kappa shape index (κ3) is 5.31. The van der Waals surface area contributed by atoms with Crippen molar-refractivity contribution >= 4 is 21.7 Å². The zero-order valence-electron chi connectivity index (χ0n) is 15.6. The first kappa shape index (κ1) is 19.9. The van der Waals surface area contributed by atoms with E-state index in [-0.39, 0.29) is 24.0 Å². The molecule has 2 aliphatic carbocycles. The van der Waals surface area contributed by atoms with Gasteiger partial charge in [0.05, 0.1) is 5.75 Å². The summed E-state index contributed by atoms with van der Waals surface area (Å²) in [6, 6.07) is 7.13. The largest absolute Gasteiger partial charge is 0.480 e. The summed E-state index contributed by atoms with van der Waals surface area (Å²) in [6.45, 7) is 0. The highest BCUT2D eigenvalue weighted by Crippen LogP contribution is 2.49. The Morgan fingerprint density at radius 3 is 2.63 bits per heavy atom. The molecule has 2 aliphatic rings. The Morgan fingerprint density at radius 2 is 2.00 bits per heavy atom. The van der Waals surface area contributed by atoms with Crippen molar-refractivity contribution in [2.24, 2.45) is 5.41 Å². The van der Waals surface area contributed by atoms with Crippen molar-refractivity contribution in [1.29, 1.82) is 0 Å². The van der Waals surface area contributed by atoms with Gasteiger partial charge >= 0.3 is 5.97 Å². The molecule has 27 heavy (non-hydrogen) atoms. The molecule has 2 unspecified atom stereocenters. The highest BCUT2D eigenvalue weighted by molar-refractivity contribution is 7.90. The molecule has 0 saturated heterocycles. The van der Waals surface area contributed by atoms with Gasteiger partial charge in [-0.3, -0.25) is 4.79 Å². The summed E-state index contributed by atoms with van der Waals surface area (Å²) in [5, 5.41) is 12.2. The van der Waals surface area contributed by atoms with Crippen LogP contribution in [0.2, 0.25) is 0 Å². The maximum Gasteiger partial charge on any atom is 0.326 e. The predicted octanol–water partition coefficient (Wildman–Crippen LogP) is 2.28. The molecule has 148 valence electrons. The van der Waals surface area contributed by atoms with Gasteiger partial charge in [-0.05, 0) is 61.0 Å². The minimum Gasteiger partial charge on any atom is -0.480 e. The number of hydrogen-bond acceptors (Lipinski definition) is 4. The number of amides is 1. The summed E-state index contributed by atoms with van der Waals surface area (Å²) in [5.74, 6) is -1.31. The number of hydrogen-bond donors (Lipinski definition) is 2. The van der Waals surface area contributed by atoms with E-state index in [0.29, 0.717) is 19.3 Å². The van der Waals surface area contributed by atoms with E-state index in [0.717, 1.165) is 19.3 Å². The molecule has 0 aromatic heterocycles. The number of carboxylic acid groups (broad SMARTS) is 1. The van der Waals surface area contributed by atoms with E-state index in [4.69, 9.17) is 0 Å². The fraction of sp³-hybridized carbons (Fsp3) is 0.600. The molecule has 1 amide bonds. The van der Waals surface area contributed by atoms with E-state index in [1.807, 2.05) is 18.2 Å². The van der Waals surface area contributed by atoms with Gasteiger partial charge in [-0.1, -0.05) is 24.3 Å². The number of rotatable bonds is 8. The summed E-state index contributed by atoms with van der Waals surface area (Å²) < 4.78 is 23.1. The normalized spacial score (nSPS) is 21.7. The quantitative estimate of drug-likeness (QED) is 0.706. The molecule has 0 spiro atoms. The number of benzene rings is 1. The predicted molar refractivity (Wildman–Crippen MR) is 102 cm³/mol. The number of carbonyl (C=O) groups is 2. The molecular formula is C20H27NO5S. The molecule has 0 bridgehead atoms. The van der Waals surface area contributed by atoms with Crippen LogP contribution in [0.15, 0.2) is 24.3 Å². The Kier molecular flexibility index (Phi) is 5.60. The van der Waals surface area contributed by atoms with Crippen molar-refractivity contribution in [3.63, 3.8) is 0 Å².